The Kier molecular flexibility index (Phi) is 16.5. The summed E-state index contributed by atoms with van der Waals surface area (Å²) in [4.78, 5) is 35.7. The predicted octanol–water partition coefficient (Wildman–Crippen LogP) is 10.1. The molecule has 52 heavy (non-hydrogen) atoms. The van der Waals surface area contributed by atoms with E-state index in [1.54, 1.807) is 164 Å². The van der Waals surface area contributed by atoms with Crippen LogP contribution in [0.25, 0.3) is 0 Å². The summed E-state index contributed by atoms with van der Waals surface area (Å²) in [5.74, 6) is -1.55. The molecular formula is C39H30Cl3MnN3O6. The first-order chi connectivity index (χ1) is 24.6. The molecule has 0 aliphatic heterocycles. The molecule has 0 spiro atoms. The largest absolute Gasteiger partial charge is 0.282 e. The third-order valence-corrected chi connectivity index (χ3v) is 7.84. The number of nitrogens with zero attached hydrogens (tertiary/aromatic N) is 3. The van der Waals surface area contributed by atoms with Gasteiger partial charge >= 0.3 is 0 Å². The van der Waals surface area contributed by atoms with E-state index < -0.39 is 17.7 Å². The van der Waals surface area contributed by atoms with Gasteiger partial charge in [-0.3, -0.25) is 30.0 Å². The predicted molar refractivity (Wildman–Crippen MR) is 199 cm³/mol. The second-order valence-electron chi connectivity index (χ2n) is 10.3. The fourth-order valence-electron chi connectivity index (χ4n) is 4.31. The third kappa shape index (κ3) is 11.2. The number of hydroxylamine groups is 3. The average Bonchev–Trinajstić information content (AvgIpc) is 3.18. The molecule has 265 valence electrons. The van der Waals surface area contributed by atoms with Crippen LogP contribution in [0.1, 0.15) is 31.1 Å². The Morgan fingerprint density at radius 3 is 0.750 bits per heavy atom. The summed E-state index contributed by atoms with van der Waals surface area (Å²) in [5, 5.41) is 32.1. The fourth-order valence-corrected chi connectivity index (χ4v) is 4.96. The Bertz CT molecular complexity index is 1830. The second-order valence-corrected chi connectivity index (χ2v) is 11.5. The molecule has 6 aromatic rings. The van der Waals surface area contributed by atoms with Crippen LogP contribution >= 0.6 is 34.8 Å². The summed E-state index contributed by atoms with van der Waals surface area (Å²) in [6, 6.07) is 45.4. The number of hydrogen-bond donors (Lipinski definition) is 3. The van der Waals surface area contributed by atoms with Crippen LogP contribution in [0.15, 0.2) is 164 Å². The third-order valence-electron chi connectivity index (χ3n) is 6.88. The number of anilines is 3. The maximum Gasteiger partial charge on any atom is 0.282 e. The molecule has 0 aliphatic rings. The number of hydrogen-bond acceptors (Lipinski definition) is 6. The van der Waals surface area contributed by atoms with Crippen molar-refractivity contribution in [1.29, 1.82) is 0 Å². The van der Waals surface area contributed by atoms with E-state index >= 15 is 0 Å². The van der Waals surface area contributed by atoms with Gasteiger partial charge in [0.05, 0.1) is 32.1 Å². The Morgan fingerprint density at radius 2 is 0.538 bits per heavy atom. The number of rotatable bonds is 6. The van der Waals surface area contributed by atoms with Gasteiger partial charge in [-0.2, -0.15) is 15.2 Å². The van der Waals surface area contributed by atoms with Gasteiger partial charge in [-0.05, 0) is 72.8 Å². The van der Waals surface area contributed by atoms with Crippen LogP contribution in [-0.4, -0.2) is 33.3 Å². The summed E-state index contributed by atoms with van der Waals surface area (Å²) in [7, 11) is 0. The first-order valence-corrected chi connectivity index (χ1v) is 16.2. The van der Waals surface area contributed by atoms with Gasteiger partial charge in [-0.15, -0.1) is 0 Å². The summed E-state index contributed by atoms with van der Waals surface area (Å²) >= 11 is 17.7. The summed E-state index contributed by atoms with van der Waals surface area (Å²) in [5.41, 5.74) is 1.99. The van der Waals surface area contributed by atoms with Gasteiger partial charge in [-0.1, -0.05) is 126 Å². The van der Waals surface area contributed by atoms with Gasteiger partial charge in [0.15, 0.2) is 0 Å². The van der Waals surface area contributed by atoms with Gasteiger partial charge < -0.3 is 0 Å². The van der Waals surface area contributed by atoms with Crippen LogP contribution in [0.4, 0.5) is 17.1 Å². The van der Waals surface area contributed by atoms with E-state index in [-0.39, 0.29) is 34.1 Å². The van der Waals surface area contributed by atoms with Gasteiger partial charge in [0.1, 0.15) is 0 Å². The number of para-hydroxylation sites is 3. The molecule has 0 aliphatic carbocycles. The molecule has 9 nitrogen and oxygen atoms in total. The Balaban J connectivity index is 0.000000208. The average molecular weight is 798 g/mol. The number of carbonyl (C=O) groups excluding carboxylic acids is 3. The van der Waals surface area contributed by atoms with Crippen molar-refractivity contribution < 1.29 is 47.1 Å². The van der Waals surface area contributed by atoms with Crippen molar-refractivity contribution in [2.45, 2.75) is 0 Å². The monoisotopic (exact) mass is 796 g/mol. The van der Waals surface area contributed by atoms with Crippen LogP contribution in [0.5, 0.6) is 0 Å². The van der Waals surface area contributed by atoms with Crippen molar-refractivity contribution in [2.75, 3.05) is 15.2 Å². The van der Waals surface area contributed by atoms with Crippen molar-refractivity contribution in [2.24, 2.45) is 0 Å². The van der Waals surface area contributed by atoms with Crippen LogP contribution in [0, 0.1) is 0 Å². The summed E-state index contributed by atoms with van der Waals surface area (Å²) in [6.07, 6.45) is 0. The van der Waals surface area contributed by atoms with Gasteiger partial charge in [0, 0.05) is 33.8 Å². The Hall–Kier alpha value is -5.00. The molecule has 0 bridgehead atoms. The summed E-state index contributed by atoms with van der Waals surface area (Å²) < 4.78 is 0. The van der Waals surface area contributed by atoms with Crippen molar-refractivity contribution >= 4 is 69.6 Å². The fraction of sp³-hybridized carbons (Fsp3) is 0. The number of amides is 3. The Labute approximate surface area is 325 Å². The minimum Gasteiger partial charge on any atom is -0.281 e. The normalized spacial score (nSPS) is 9.81. The second kappa shape index (κ2) is 20.8. The van der Waals surface area contributed by atoms with Gasteiger partial charge in [-0.25, -0.2) is 0 Å². The molecule has 0 saturated carbocycles. The van der Waals surface area contributed by atoms with E-state index in [1.807, 2.05) is 0 Å². The standard InChI is InChI=1S/3C13H10ClNO2.Mn/c3*14-11-8-4-5-9-12(11)15(17)13(16)10-6-2-1-3-7-10;/h3*1-9,17H;. The van der Waals surface area contributed by atoms with E-state index in [0.717, 1.165) is 0 Å². The van der Waals surface area contributed by atoms with Crippen LogP contribution in [-0.2, 0) is 17.1 Å². The topological polar surface area (TPSA) is 122 Å². The molecular weight excluding hydrogens is 768 g/mol. The smallest absolute Gasteiger partial charge is 0.281 e. The molecule has 6 rings (SSSR count). The van der Waals surface area contributed by atoms with E-state index in [0.29, 0.717) is 46.9 Å². The number of benzene rings is 6. The van der Waals surface area contributed by atoms with Crippen molar-refractivity contribution in [3.05, 3.63) is 196 Å². The maximum absolute atomic E-state index is 11.9. The molecule has 13 heteroatoms. The van der Waals surface area contributed by atoms with Crippen molar-refractivity contribution in [3.63, 3.8) is 0 Å². The van der Waals surface area contributed by atoms with Crippen molar-refractivity contribution in [1.82, 2.24) is 0 Å². The van der Waals surface area contributed by atoms with Gasteiger partial charge in [0.25, 0.3) is 17.7 Å². The first kappa shape index (κ1) is 41.4. The van der Waals surface area contributed by atoms with E-state index in [9.17, 15) is 30.0 Å². The molecule has 0 heterocycles. The number of halogens is 3. The van der Waals surface area contributed by atoms with Gasteiger partial charge in [0.2, 0.25) is 0 Å². The molecule has 0 unspecified atom stereocenters. The van der Waals surface area contributed by atoms with E-state index in [1.165, 1.54) is 0 Å². The maximum atomic E-state index is 11.9. The molecule has 0 aromatic heterocycles. The van der Waals surface area contributed by atoms with E-state index in [4.69, 9.17) is 34.8 Å². The van der Waals surface area contributed by atoms with Crippen LogP contribution < -0.4 is 15.2 Å². The van der Waals surface area contributed by atoms with Crippen molar-refractivity contribution in [3.8, 4) is 0 Å². The summed E-state index contributed by atoms with van der Waals surface area (Å²) in [6.45, 7) is 0. The molecule has 0 fully saturated rings. The molecule has 3 N–H and O–H groups in total. The molecule has 3 amide bonds. The molecule has 1 radical (unpaired) electrons. The van der Waals surface area contributed by atoms with E-state index in [2.05, 4.69) is 0 Å². The zero-order chi connectivity index (χ0) is 36.8. The van der Waals surface area contributed by atoms with Crippen LogP contribution in [0.3, 0.4) is 0 Å². The quantitative estimate of drug-likeness (QED) is 0.0877. The molecule has 0 atom stereocenters. The van der Waals surface area contributed by atoms with Crippen LogP contribution in [0.2, 0.25) is 15.1 Å². The minimum absolute atomic E-state index is 0. The first-order valence-electron chi connectivity index (χ1n) is 15.1. The zero-order valence-corrected chi connectivity index (χ0v) is 30.5. The Morgan fingerprint density at radius 1 is 0.346 bits per heavy atom. The zero-order valence-electron chi connectivity index (χ0n) is 27.0. The SMILES string of the molecule is O=C(c1ccccc1)N(O)c1ccccc1Cl.O=C(c1ccccc1)N(O)c1ccccc1Cl.O=C(c1ccccc1)N(O)c1ccccc1Cl.[Mn]. The minimum atomic E-state index is -0.515. The number of carbonyl (C=O) groups is 3. The molecule has 6 aromatic carbocycles. The molecule has 0 saturated heterocycles.